The largest absolute Gasteiger partial charge is 0.444 e. The lowest BCUT2D eigenvalue weighted by Gasteiger charge is -2.25. The Morgan fingerprint density at radius 1 is 1.42 bits per heavy atom. The molecule has 2 atom stereocenters. The number of aromatic amines is 1. The molecule has 2 aromatic rings. The van der Waals surface area contributed by atoms with E-state index in [4.69, 9.17) is 9.15 Å². The molecule has 2 N–H and O–H groups in total. The summed E-state index contributed by atoms with van der Waals surface area (Å²) in [7, 11) is 0. The monoisotopic (exact) mass is 332 g/mol. The number of hydrogen-bond donors (Lipinski definition) is 2. The highest BCUT2D eigenvalue weighted by Gasteiger charge is 2.29. The summed E-state index contributed by atoms with van der Waals surface area (Å²) in [5.41, 5.74) is 3.09. The zero-order valence-electron chi connectivity index (χ0n) is 14.6. The lowest BCUT2D eigenvalue weighted by Crippen LogP contribution is -2.27. The summed E-state index contributed by atoms with van der Waals surface area (Å²) < 4.78 is 11.4. The average molecular weight is 332 g/mol. The molecular weight excluding hydrogens is 308 g/mol. The predicted octanol–water partition coefficient (Wildman–Crippen LogP) is 2.61. The van der Waals surface area contributed by atoms with E-state index in [1.807, 2.05) is 20.8 Å². The van der Waals surface area contributed by atoms with Crippen LogP contribution in [0.15, 0.2) is 4.42 Å². The summed E-state index contributed by atoms with van der Waals surface area (Å²) in [6, 6.07) is 0. The van der Waals surface area contributed by atoms with Crippen LogP contribution in [0.25, 0.3) is 0 Å². The summed E-state index contributed by atoms with van der Waals surface area (Å²) >= 11 is 0. The molecule has 1 aliphatic rings. The molecular formula is C17H24N4O3. The fraction of sp³-hybridized carbons (Fsp3) is 0.588. The van der Waals surface area contributed by atoms with Gasteiger partial charge in [-0.15, -0.1) is 0 Å². The summed E-state index contributed by atoms with van der Waals surface area (Å²) in [5, 5.41) is 10.0. The standard InChI is InChI=1S/C17H24N4O3/c1-5-6-14-19-10(3)13(24-14)8-18-17(22)16-12-7-9(2)23-11(4)15(12)20-21-16/h9,11H,5-8H2,1-4H3,(H,18,22)(H,20,21)/t9-,11+/m0/s1. The van der Waals surface area contributed by atoms with E-state index in [2.05, 4.69) is 27.4 Å². The Kier molecular flexibility index (Phi) is 4.71. The van der Waals surface area contributed by atoms with Crippen molar-refractivity contribution in [2.24, 2.45) is 0 Å². The molecule has 3 rings (SSSR count). The molecule has 0 radical (unpaired) electrons. The number of ether oxygens (including phenoxy) is 1. The SMILES string of the molecule is CCCc1nc(C)c(CNC(=O)c2n[nH]c3c2C[C@H](C)O[C@@H]3C)o1. The van der Waals surface area contributed by atoms with Gasteiger partial charge in [0.05, 0.1) is 30.1 Å². The highest BCUT2D eigenvalue weighted by molar-refractivity contribution is 5.94. The second kappa shape index (κ2) is 6.76. The van der Waals surface area contributed by atoms with Crippen LogP contribution in [0.3, 0.4) is 0 Å². The van der Waals surface area contributed by atoms with Crippen molar-refractivity contribution in [1.29, 1.82) is 0 Å². The van der Waals surface area contributed by atoms with Crippen molar-refractivity contribution in [3.63, 3.8) is 0 Å². The van der Waals surface area contributed by atoms with Gasteiger partial charge in [-0.2, -0.15) is 5.10 Å². The molecule has 0 aromatic carbocycles. The maximum absolute atomic E-state index is 12.5. The quantitative estimate of drug-likeness (QED) is 0.878. The fourth-order valence-corrected chi connectivity index (χ4v) is 3.08. The van der Waals surface area contributed by atoms with Crippen molar-refractivity contribution >= 4 is 5.91 Å². The lowest BCUT2D eigenvalue weighted by atomic mass is 9.99. The number of oxazole rings is 1. The first-order valence-electron chi connectivity index (χ1n) is 8.45. The average Bonchev–Trinajstić information content (AvgIpc) is 3.09. The van der Waals surface area contributed by atoms with Gasteiger partial charge in [0.25, 0.3) is 5.91 Å². The third-order valence-corrected chi connectivity index (χ3v) is 4.26. The van der Waals surface area contributed by atoms with Gasteiger partial charge in [0.15, 0.2) is 11.6 Å². The van der Waals surface area contributed by atoms with Crippen molar-refractivity contribution in [3.8, 4) is 0 Å². The molecule has 0 aliphatic carbocycles. The van der Waals surface area contributed by atoms with Crippen LogP contribution in [-0.2, 0) is 24.1 Å². The third kappa shape index (κ3) is 3.21. The number of nitrogens with one attached hydrogen (secondary N) is 2. The Bertz CT molecular complexity index is 734. The van der Waals surface area contributed by atoms with Gasteiger partial charge in [-0.3, -0.25) is 9.89 Å². The smallest absolute Gasteiger partial charge is 0.272 e. The fourth-order valence-electron chi connectivity index (χ4n) is 3.08. The molecule has 1 amide bonds. The lowest BCUT2D eigenvalue weighted by molar-refractivity contribution is -0.00697. The first-order valence-corrected chi connectivity index (χ1v) is 8.45. The maximum Gasteiger partial charge on any atom is 0.272 e. The number of nitrogens with zero attached hydrogens (tertiary/aromatic N) is 2. The topological polar surface area (TPSA) is 93.0 Å². The molecule has 24 heavy (non-hydrogen) atoms. The van der Waals surface area contributed by atoms with E-state index in [1.54, 1.807) is 0 Å². The van der Waals surface area contributed by atoms with Crippen LogP contribution in [0.1, 0.15) is 72.4 Å². The number of carbonyl (C=O) groups excluding carboxylic acids is 1. The van der Waals surface area contributed by atoms with E-state index in [1.165, 1.54) is 0 Å². The van der Waals surface area contributed by atoms with Crippen LogP contribution in [-0.4, -0.2) is 27.2 Å². The highest BCUT2D eigenvalue weighted by Crippen LogP contribution is 2.30. The number of aromatic nitrogens is 3. The number of rotatable bonds is 5. The minimum Gasteiger partial charge on any atom is -0.444 e. The molecule has 0 unspecified atom stereocenters. The molecule has 0 spiro atoms. The van der Waals surface area contributed by atoms with Crippen LogP contribution in [0.2, 0.25) is 0 Å². The number of carbonyl (C=O) groups is 1. The van der Waals surface area contributed by atoms with E-state index in [-0.39, 0.29) is 18.1 Å². The Morgan fingerprint density at radius 3 is 2.96 bits per heavy atom. The van der Waals surface area contributed by atoms with Gasteiger partial charge in [0, 0.05) is 18.4 Å². The zero-order valence-corrected chi connectivity index (χ0v) is 14.6. The van der Waals surface area contributed by atoms with Gasteiger partial charge in [0.1, 0.15) is 5.76 Å². The third-order valence-electron chi connectivity index (χ3n) is 4.26. The second-order valence-corrected chi connectivity index (χ2v) is 6.31. The van der Waals surface area contributed by atoms with Crippen LogP contribution < -0.4 is 5.32 Å². The summed E-state index contributed by atoms with van der Waals surface area (Å²) in [4.78, 5) is 16.9. The summed E-state index contributed by atoms with van der Waals surface area (Å²) in [6.07, 6.45) is 2.46. The van der Waals surface area contributed by atoms with Gasteiger partial charge in [-0.25, -0.2) is 4.98 Å². The van der Waals surface area contributed by atoms with Crippen molar-refractivity contribution in [3.05, 3.63) is 34.3 Å². The van der Waals surface area contributed by atoms with Crippen LogP contribution in [0.5, 0.6) is 0 Å². The molecule has 7 heteroatoms. The molecule has 2 aromatic heterocycles. The van der Waals surface area contributed by atoms with Crippen molar-refractivity contribution in [2.45, 2.75) is 65.7 Å². The number of hydrogen-bond acceptors (Lipinski definition) is 5. The maximum atomic E-state index is 12.5. The Morgan fingerprint density at radius 2 is 2.21 bits per heavy atom. The zero-order chi connectivity index (χ0) is 17.3. The molecule has 7 nitrogen and oxygen atoms in total. The number of fused-ring (bicyclic) bond motifs is 1. The first kappa shape index (κ1) is 16.7. The Labute approximate surface area is 141 Å². The second-order valence-electron chi connectivity index (χ2n) is 6.31. The highest BCUT2D eigenvalue weighted by atomic mass is 16.5. The summed E-state index contributed by atoms with van der Waals surface area (Å²) in [5.74, 6) is 1.21. The van der Waals surface area contributed by atoms with E-state index < -0.39 is 0 Å². The van der Waals surface area contributed by atoms with Gasteiger partial charge in [0.2, 0.25) is 0 Å². The molecule has 0 saturated carbocycles. The normalized spacial score (nSPS) is 20.0. The Balaban J connectivity index is 1.70. The molecule has 0 fully saturated rings. The van der Waals surface area contributed by atoms with Gasteiger partial charge in [-0.1, -0.05) is 6.92 Å². The van der Waals surface area contributed by atoms with E-state index >= 15 is 0 Å². The number of amides is 1. The predicted molar refractivity (Wildman–Crippen MR) is 87.7 cm³/mol. The van der Waals surface area contributed by atoms with Crippen LogP contribution in [0.4, 0.5) is 0 Å². The van der Waals surface area contributed by atoms with Crippen LogP contribution in [0, 0.1) is 6.92 Å². The van der Waals surface area contributed by atoms with Crippen molar-refractivity contribution in [1.82, 2.24) is 20.5 Å². The van der Waals surface area contributed by atoms with Gasteiger partial charge >= 0.3 is 0 Å². The molecule has 0 saturated heterocycles. The molecule has 1 aliphatic heterocycles. The van der Waals surface area contributed by atoms with E-state index in [9.17, 15) is 4.79 Å². The van der Waals surface area contributed by atoms with E-state index in [0.29, 0.717) is 24.4 Å². The number of aryl methyl sites for hydroxylation is 2. The molecule has 3 heterocycles. The summed E-state index contributed by atoms with van der Waals surface area (Å²) in [6.45, 7) is 8.24. The van der Waals surface area contributed by atoms with E-state index in [0.717, 1.165) is 35.7 Å². The minimum atomic E-state index is -0.207. The first-order chi connectivity index (χ1) is 11.5. The van der Waals surface area contributed by atoms with Crippen molar-refractivity contribution < 1.29 is 13.9 Å². The van der Waals surface area contributed by atoms with Crippen LogP contribution >= 0.6 is 0 Å². The number of H-pyrrole nitrogens is 1. The Hall–Kier alpha value is -2.15. The molecule has 130 valence electrons. The van der Waals surface area contributed by atoms with Gasteiger partial charge < -0.3 is 14.5 Å². The van der Waals surface area contributed by atoms with Crippen molar-refractivity contribution in [2.75, 3.05) is 0 Å². The molecule has 0 bridgehead atoms. The minimum absolute atomic E-state index is 0.0739. The van der Waals surface area contributed by atoms with Gasteiger partial charge in [-0.05, 0) is 27.2 Å².